The summed E-state index contributed by atoms with van der Waals surface area (Å²) in [6, 6.07) is 0.110. The summed E-state index contributed by atoms with van der Waals surface area (Å²) >= 11 is 0. The number of ether oxygens (including phenoxy) is 1. The molecular weight excluding hydrogens is 198 g/mol. The second kappa shape index (κ2) is 7.70. The lowest BCUT2D eigenvalue weighted by Crippen LogP contribution is -2.42. The lowest BCUT2D eigenvalue weighted by atomic mass is 9.82. The van der Waals surface area contributed by atoms with Gasteiger partial charge < -0.3 is 10.5 Å². The topological polar surface area (TPSA) is 35.2 Å². The van der Waals surface area contributed by atoms with Crippen molar-refractivity contribution in [3.05, 3.63) is 0 Å². The van der Waals surface area contributed by atoms with Crippen LogP contribution in [0.1, 0.15) is 51.9 Å². The van der Waals surface area contributed by atoms with Crippen molar-refractivity contribution in [1.29, 1.82) is 0 Å². The monoisotopic (exact) mass is 223 g/mol. The van der Waals surface area contributed by atoms with Gasteiger partial charge in [0.15, 0.2) is 0 Å². The van der Waals surface area contributed by atoms with Crippen molar-refractivity contribution in [2.45, 2.75) is 64.0 Å². The summed E-state index contributed by atoms with van der Waals surface area (Å²) in [7, 11) is 0. The molecule has 2 N–H and O–H groups in total. The maximum absolute atomic E-state index is 6.20. The Bertz CT molecular complexity index is 215. The molecule has 1 rings (SSSR count). The minimum Gasteiger partial charge on any atom is -0.377 e. The van der Waals surface area contributed by atoms with Crippen molar-refractivity contribution >= 4 is 0 Å². The quantitative estimate of drug-likeness (QED) is 0.703. The zero-order valence-corrected chi connectivity index (χ0v) is 10.5. The van der Waals surface area contributed by atoms with Crippen LogP contribution < -0.4 is 5.73 Å². The first-order chi connectivity index (χ1) is 7.79. The summed E-state index contributed by atoms with van der Waals surface area (Å²) in [5.41, 5.74) is 6.20. The first kappa shape index (κ1) is 13.5. The predicted molar refractivity (Wildman–Crippen MR) is 68.0 cm³/mol. The summed E-state index contributed by atoms with van der Waals surface area (Å²) < 4.78 is 5.85. The fourth-order valence-corrected chi connectivity index (χ4v) is 2.68. The minimum absolute atomic E-state index is 0.110. The van der Waals surface area contributed by atoms with E-state index in [9.17, 15) is 0 Å². The van der Waals surface area contributed by atoms with Gasteiger partial charge in [0.1, 0.15) is 0 Å². The largest absolute Gasteiger partial charge is 0.377 e. The Hall–Kier alpha value is -0.520. The maximum Gasteiger partial charge on any atom is 0.0754 e. The van der Waals surface area contributed by atoms with Gasteiger partial charge in [0, 0.05) is 19.1 Å². The average molecular weight is 223 g/mol. The Morgan fingerprint density at radius 1 is 1.38 bits per heavy atom. The van der Waals surface area contributed by atoms with Crippen LogP contribution in [-0.2, 0) is 4.74 Å². The summed E-state index contributed by atoms with van der Waals surface area (Å²) in [5.74, 6) is 3.32. The second-order valence-electron chi connectivity index (χ2n) is 4.72. The minimum atomic E-state index is 0.110. The SMILES string of the molecule is C#CCCC(N)C(OCC)C1CCCCC1. The highest BCUT2D eigenvalue weighted by atomic mass is 16.5. The third-order valence-corrected chi connectivity index (χ3v) is 3.52. The van der Waals surface area contributed by atoms with E-state index in [2.05, 4.69) is 5.92 Å². The van der Waals surface area contributed by atoms with Crippen molar-refractivity contribution < 1.29 is 4.74 Å². The molecule has 2 atom stereocenters. The molecule has 0 saturated heterocycles. The van der Waals surface area contributed by atoms with Gasteiger partial charge in [0.2, 0.25) is 0 Å². The van der Waals surface area contributed by atoms with Crippen molar-refractivity contribution in [1.82, 2.24) is 0 Å². The average Bonchev–Trinajstić information content (AvgIpc) is 2.34. The highest BCUT2D eigenvalue weighted by Crippen LogP contribution is 2.29. The van der Waals surface area contributed by atoms with E-state index in [1.807, 2.05) is 6.92 Å². The van der Waals surface area contributed by atoms with Crippen LogP contribution in [0.2, 0.25) is 0 Å². The first-order valence-corrected chi connectivity index (χ1v) is 6.60. The van der Waals surface area contributed by atoms with E-state index >= 15 is 0 Å². The van der Waals surface area contributed by atoms with E-state index in [1.54, 1.807) is 0 Å². The van der Waals surface area contributed by atoms with Gasteiger partial charge in [-0.2, -0.15) is 0 Å². The molecular formula is C14H25NO. The van der Waals surface area contributed by atoms with Crippen molar-refractivity contribution in [3.63, 3.8) is 0 Å². The van der Waals surface area contributed by atoms with Gasteiger partial charge in [0.25, 0.3) is 0 Å². The van der Waals surface area contributed by atoms with Crippen LogP contribution in [0.15, 0.2) is 0 Å². The van der Waals surface area contributed by atoms with Crippen LogP contribution in [0.5, 0.6) is 0 Å². The molecule has 16 heavy (non-hydrogen) atoms. The molecule has 0 aliphatic heterocycles. The molecule has 2 unspecified atom stereocenters. The molecule has 0 aromatic rings. The van der Waals surface area contributed by atoms with Gasteiger partial charge in [0.05, 0.1) is 6.10 Å². The summed E-state index contributed by atoms with van der Waals surface area (Å²) in [6.07, 6.45) is 13.7. The van der Waals surface area contributed by atoms with E-state index in [-0.39, 0.29) is 12.1 Å². The standard InChI is InChI=1S/C14H25NO/c1-3-5-11-13(15)14(16-4-2)12-9-7-6-8-10-12/h1,12-14H,4-11,15H2,2H3. The molecule has 0 radical (unpaired) electrons. The highest BCUT2D eigenvalue weighted by molar-refractivity contribution is 4.89. The molecule has 1 aliphatic carbocycles. The molecule has 0 aromatic heterocycles. The molecule has 1 saturated carbocycles. The Kier molecular flexibility index (Phi) is 6.52. The van der Waals surface area contributed by atoms with Gasteiger partial charge >= 0.3 is 0 Å². The molecule has 92 valence electrons. The van der Waals surface area contributed by atoms with Crippen molar-refractivity contribution in [3.8, 4) is 12.3 Å². The fraction of sp³-hybridized carbons (Fsp3) is 0.857. The number of hydrogen-bond acceptors (Lipinski definition) is 2. The normalized spacial score (nSPS) is 21.3. The second-order valence-corrected chi connectivity index (χ2v) is 4.72. The van der Waals surface area contributed by atoms with Crippen LogP contribution in [0.25, 0.3) is 0 Å². The molecule has 2 heteroatoms. The number of rotatable bonds is 6. The molecule has 0 spiro atoms. The molecule has 0 aromatic carbocycles. The van der Waals surface area contributed by atoms with Gasteiger partial charge in [-0.3, -0.25) is 0 Å². The van der Waals surface area contributed by atoms with Crippen LogP contribution in [0, 0.1) is 18.3 Å². The van der Waals surface area contributed by atoms with Gasteiger partial charge in [-0.1, -0.05) is 19.3 Å². The molecule has 1 fully saturated rings. The van der Waals surface area contributed by atoms with Crippen molar-refractivity contribution in [2.75, 3.05) is 6.61 Å². The van der Waals surface area contributed by atoms with E-state index < -0.39 is 0 Å². The molecule has 0 bridgehead atoms. The third-order valence-electron chi connectivity index (χ3n) is 3.52. The number of nitrogens with two attached hydrogens (primary N) is 1. The zero-order valence-electron chi connectivity index (χ0n) is 10.5. The Balaban J connectivity index is 2.47. The number of terminal acetylenes is 1. The highest BCUT2D eigenvalue weighted by Gasteiger charge is 2.28. The summed E-state index contributed by atoms with van der Waals surface area (Å²) in [5, 5.41) is 0. The van der Waals surface area contributed by atoms with Crippen LogP contribution >= 0.6 is 0 Å². The van der Waals surface area contributed by atoms with Crippen LogP contribution in [-0.4, -0.2) is 18.8 Å². The third kappa shape index (κ3) is 4.15. The zero-order chi connectivity index (χ0) is 11.8. The predicted octanol–water partition coefficient (Wildman–Crippen LogP) is 2.71. The lowest BCUT2D eigenvalue weighted by molar-refractivity contribution is -0.0105. The van der Waals surface area contributed by atoms with Crippen LogP contribution in [0.4, 0.5) is 0 Å². The molecule has 1 aliphatic rings. The Labute approximate surface area is 99.9 Å². The van der Waals surface area contributed by atoms with Gasteiger partial charge in [-0.25, -0.2) is 0 Å². The summed E-state index contributed by atoms with van der Waals surface area (Å²) in [6.45, 7) is 2.80. The van der Waals surface area contributed by atoms with E-state index in [0.717, 1.165) is 19.4 Å². The molecule has 0 heterocycles. The van der Waals surface area contributed by atoms with Crippen molar-refractivity contribution in [2.24, 2.45) is 11.7 Å². The Morgan fingerprint density at radius 2 is 2.06 bits per heavy atom. The van der Waals surface area contributed by atoms with E-state index in [1.165, 1.54) is 32.1 Å². The smallest absolute Gasteiger partial charge is 0.0754 e. The first-order valence-electron chi connectivity index (χ1n) is 6.60. The molecule has 2 nitrogen and oxygen atoms in total. The maximum atomic E-state index is 6.20. The van der Waals surface area contributed by atoms with E-state index in [0.29, 0.717) is 5.92 Å². The fourth-order valence-electron chi connectivity index (χ4n) is 2.68. The van der Waals surface area contributed by atoms with Crippen LogP contribution in [0.3, 0.4) is 0 Å². The molecule has 0 amide bonds. The lowest BCUT2D eigenvalue weighted by Gasteiger charge is -2.33. The Morgan fingerprint density at radius 3 is 2.62 bits per heavy atom. The summed E-state index contributed by atoms with van der Waals surface area (Å²) in [4.78, 5) is 0. The number of hydrogen-bond donors (Lipinski definition) is 1. The van der Waals surface area contributed by atoms with Gasteiger partial charge in [-0.15, -0.1) is 12.3 Å². The van der Waals surface area contributed by atoms with E-state index in [4.69, 9.17) is 16.9 Å². The van der Waals surface area contributed by atoms with Gasteiger partial charge in [-0.05, 0) is 32.1 Å².